The van der Waals surface area contributed by atoms with Crippen molar-refractivity contribution in [1.82, 2.24) is 5.32 Å². The van der Waals surface area contributed by atoms with Gasteiger partial charge in [0.15, 0.2) is 0 Å². The first-order valence-electron chi connectivity index (χ1n) is 5.02. The quantitative estimate of drug-likeness (QED) is 0.659. The molecular formula is C11H21NO2. The second-order valence-corrected chi connectivity index (χ2v) is 4.25. The second-order valence-electron chi connectivity index (χ2n) is 4.25. The highest BCUT2D eigenvalue weighted by Gasteiger charge is 2.07. The molecule has 14 heavy (non-hydrogen) atoms. The maximum absolute atomic E-state index is 11.1. The first-order chi connectivity index (χ1) is 6.41. The fraction of sp³-hybridized carbons (Fsp3) is 0.727. The standard InChI is InChI=1S/C11H21NO2/c1-8(2)5-10(13)7-12-11(14)6-9(3)4/h6,8,10,13H,5,7H2,1-4H3,(H,12,14). The van der Waals surface area contributed by atoms with E-state index in [1.165, 1.54) is 6.08 Å². The van der Waals surface area contributed by atoms with E-state index >= 15 is 0 Å². The summed E-state index contributed by atoms with van der Waals surface area (Å²) in [6.07, 6.45) is 1.81. The van der Waals surface area contributed by atoms with E-state index in [1.807, 2.05) is 27.7 Å². The Bertz CT molecular complexity index is 205. The first kappa shape index (κ1) is 13.2. The molecule has 0 spiro atoms. The van der Waals surface area contributed by atoms with Crippen molar-refractivity contribution < 1.29 is 9.90 Å². The third-order valence-corrected chi connectivity index (χ3v) is 1.68. The van der Waals surface area contributed by atoms with Crippen LogP contribution in [-0.4, -0.2) is 23.7 Å². The highest BCUT2D eigenvalue weighted by atomic mass is 16.3. The molecule has 0 aromatic heterocycles. The van der Waals surface area contributed by atoms with Crippen molar-refractivity contribution in [3.05, 3.63) is 11.6 Å². The van der Waals surface area contributed by atoms with Crippen LogP contribution in [0.2, 0.25) is 0 Å². The van der Waals surface area contributed by atoms with Crippen LogP contribution in [0.3, 0.4) is 0 Å². The molecule has 0 heterocycles. The van der Waals surface area contributed by atoms with Crippen molar-refractivity contribution in [2.24, 2.45) is 5.92 Å². The van der Waals surface area contributed by atoms with E-state index in [0.717, 1.165) is 12.0 Å². The van der Waals surface area contributed by atoms with Gasteiger partial charge in [-0.2, -0.15) is 0 Å². The van der Waals surface area contributed by atoms with Gasteiger partial charge in [-0.1, -0.05) is 19.4 Å². The van der Waals surface area contributed by atoms with Crippen molar-refractivity contribution in [3.8, 4) is 0 Å². The molecule has 82 valence electrons. The summed E-state index contributed by atoms with van der Waals surface area (Å²) in [7, 11) is 0. The molecule has 2 N–H and O–H groups in total. The average Bonchev–Trinajstić information content (AvgIpc) is 1.98. The molecule has 0 aliphatic rings. The number of hydrogen-bond acceptors (Lipinski definition) is 2. The van der Waals surface area contributed by atoms with Crippen LogP contribution in [0.1, 0.15) is 34.1 Å². The third-order valence-electron chi connectivity index (χ3n) is 1.68. The summed E-state index contributed by atoms with van der Waals surface area (Å²) in [6.45, 7) is 8.15. The molecule has 0 rings (SSSR count). The lowest BCUT2D eigenvalue weighted by atomic mass is 10.1. The fourth-order valence-corrected chi connectivity index (χ4v) is 1.16. The van der Waals surface area contributed by atoms with Gasteiger partial charge in [0.05, 0.1) is 6.10 Å². The van der Waals surface area contributed by atoms with Crippen LogP contribution in [0.15, 0.2) is 11.6 Å². The van der Waals surface area contributed by atoms with Gasteiger partial charge < -0.3 is 10.4 Å². The third kappa shape index (κ3) is 7.80. The molecule has 3 heteroatoms. The number of amides is 1. The lowest BCUT2D eigenvalue weighted by Gasteiger charge is -2.12. The van der Waals surface area contributed by atoms with Gasteiger partial charge >= 0.3 is 0 Å². The maximum atomic E-state index is 11.1. The van der Waals surface area contributed by atoms with Gasteiger partial charge in [0.25, 0.3) is 0 Å². The zero-order valence-electron chi connectivity index (χ0n) is 9.50. The largest absolute Gasteiger partial charge is 0.391 e. The average molecular weight is 199 g/mol. The van der Waals surface area contributed by atoms with Crippen LogP contribution >= 0.6 is 0 Å². The first-order valence-corrected chi connectivity index (χ1v) is 5.02. The van der Waals surface area contributed by atoms with Gasteiger partial charge in [0, 0.05) is 12.6 Å². The van der Waals surface area contributed by atoms with Crippen molar-refractivity contribution in [1.29, 1.82) is 0 Å². The van der Waals surface area contributed by atoms with Gasteiger partial charge in [-0.05, 0) is 26.2 Å². The fourth-order valence-electron chi connectivity index (χ4n) is 1.16. The van der Waals surface area contributed by atoms with E-state index in [9.17, 15) is 9.90 Å². The minimum atomic E-state index is -0.440. The number of carbonyl (C=O) groups excluding carboxylic acids is 1. The second kappa shape index (κ2) is 6.60. The smallest absolute Gasteiger partial charge is 0.244 e. The summed E-state index contributed by atoms with van der Waals surface area (Å²) in [6, 6.07) is 0. The number of rotatable bonds is 5. The predicted octanol–water partition coefficient (Wildman–Crippen LogP) is 1.48. The Labute approximate surface area is 86.2 Å². The summed E-state index contributed by atoms with van der Waals surface area (Å²) in [5.41, 5.74) is 0.959. The molecule has 3 nitrogen and oxygen atoms in total. The van der Waals surface area contributed by atoms with E-state index in [1.54, 1.807) is 0 Å². The number of allylic oxidation sites excluding steroid dienone is 1. The summed E-state index contributed by atoms with van der Waals surface area (Å²) in [4.78, 5) is 11.1. The highest BCUT2D eigenvalue weighted by Crippen LogP contribution is 2.03. The summed E-state index contributed by atoms with van der Waals surface area (Å²) < 4.78 is 0. The Kier molecular flexibility index (Phi) is 6.21. The monoisotopic (exact) mass is 199 g/mol. The van der Waals surface area contributed by atoms with Crippen LogP contribution in [-0.2, 0) is 4.79 Å². The van der Waals surface area contributed by atoms with Crippen molar-refractivity contribution in [3.63, 3.8) is 0 Å². The van der Waals surface area contributed by atoms with Gasteiger partial charge in [0.1, 0.15) is 0 Å². The minimum Gasteiger partial charge on any atom is -0.391 e. The van der Waals surface area contributed by atoms with Crippen LogP contribution in [0.5, 0.6) is 0 Å². The lowest BCUT2D eigenvalue weighted by molar-refractivity contribution is -0.117. The van der Waals surface area contributed by atoms with Crippen LogP contribution in [0.25, 0.3) is 0 Å². The summed E-state index contributed by atoms with van der Waals surface area (Å²) in [5.74, 6) is 0.318. The molecule has 0 radical (unpaired) electrons. The Morgan fingerprint density at radius 2 is 2.00 bits per heavy atom. The van der Waals surface area contributed by atoms with Gasteiger partial charge in [-0.25, -0.2) is 0 Å². The molecule has 1 amide bonds. The van der Waals surface area contributed by atoms with Crippen LogP contribution in [0, 0.1) is 5.92 Å². The Morgan fingerprint density at radius 3 is 2.43 bits per heavy atom. The van der Waals surface area contributed by atoms with E-state index in [0.29, 0.717) is 12.5 Å². The Balaban J connectivity index is 3.72. The molecule has 0 aliphatic heterocycles. The molecular weight excluding hydrogens is 178 g/mol. The van der Waals surface area contributed by atoms with E-state index in [-0.39, 0.29) is 5.91 Å². The predicted molar refractivity (Wildman–Crippen MR) is 57.9 cm³/mol. The number of aliphatic hydroxyl groups excluding tert-OH is 1. The molecule has 0 bridgehead atoms. The van der Waals surface area contributed by atoms with Gasteiger partial charge in [-0.15, -0.1) is 0 Å². The zero-order valence-corrected chi connectivity index (χ0v) is 9.50. The lowest BCUT2D eigenvalue weighted by Crippen LogP contribution is -2.31. The molecule has 1 unspecified atom stereocenters. The molecule has 0 saturated heterocycles. The molecule has 0 aromatic carbocycles. The summed E-state index contributed by atoms with van der Waals surface area (Å²) in [5, 5.41) is 12.1. The van der Waals surface area contributed by atoms with E-state index < -0.39 is 6.10 Å². The molecule has 0 aliphatic carbocycles. The maximum Gasteiger partial charge on any atom is 0.244 e. The van der Waals surface area contributed by atoms with Gasteiger partial charge in [0.2, 0.25) is 5.91 Å². The summed E-state index contributed by atoms with van der Waals surface area (Å²) >= 11 is 0. The number of carbonyl (C=O) groups is 1. The zero-order chi connectivity index (χ0) is 11.1. The number of aliphatic hydroxyl groups is 1. The normalized spacial score (nSPS) is 12.4. The molecule has 1 atom stereocenters. The number of nitrogens with one attached hydrogen (secondary N) is 1. The number of hydrogen-bond donors (Lipinski definition) is 2. The molecule has 0 saturated carbocycles. The van der Waals surface area contributed by atoms with Crippen LogP contribution < -0.4 is 5.32 Å². The van der Waals surface area contributed by atoms with Gasteiger partial charge in [-0.3, -0.25) is 4.79 Å². The molecule has 0 aromatic rings. The van der Waals surface area contributed by atoms with Crippen molar-refractivity contribution in [2.75, 3.05) is 6.54 Å². The molecule has 0 fully saturated rings. The van der Waals surface area contributed by atoms with Crippen molar-refractivity contribution in [2.45, 2.75) is 40.2 Å². The van der Waals surface area contributed by atoms with Crippen molar-refractivity contribution >= 4 is 5.91 Å². The van der Waals surface area contributed by atoms with E-state index in [2.05, 4.69) is 5.32 Å². The highest BCUT2D eigenvalue weighted by molar-refractivity contribution is 5.87. The van der Waals surface area contributed by atoms with E-state index in [4.69, 9.17) is 0 Å². The topological polar surface area (TPSA) is 49.3 Å². The Morgan fingerprint density at radius 1 is 1.43 bits per heavy atom. The SMILES string of the molecule is CC(C)=CC(=O)NCC(O)CC(C)C. The minimum absolute atomic E-state index is 0.132. The van der Waals surface area contributed by atoms with Crippen LogP contribution in [0.4, 0.5) is 0 Å². The Hall–Kier alpha value is -0.830.